The molecule has 0 bridgehead atoms. The van der Waals surface area contributed by atoms with Gasteiger partial charge < -0.3 is 5.11 Å². The van der Waals surface area contributed by atoms with Crippen molar-refractivity contribution >= 4 is 5.97 Å². The van der Waals surface area contributed by atoms with E-state index in [-0.39, 0.29) is 6.54 Å². The molecule has 0 spiro atoms. The van der Waals surface area contributed by atoms with E-state index in [1.807, 2.05) is 19.2 Å². The molecule has 0 amide bonds. The lowest BCUT2D eigenvalue weighted by atomic mass is 9.95. The van der Waals surface area contributed by atoms with Gasteiger partial charge in [-0.05, 0) is 24.5 Å². The van der Waals surface area contributed by atoms with Crippen LogP contribution in [0.3, 0.4) is 0 Å². The molecule has 1 aromatic heterocycles. The summed E-state index contributed by atoms with van der Waals surface area (Å²) in [6.07, 6.45) is 3.01. The number of aliphatic carboxylic acids is 1. The SMILES string of the molecule is CCC(C)C1CN(Cc2ccc(C)nc2)CCN1CC(=O)O. The topological polar surface area (TPSA) is 56.7 Å². The van der Waals surface area contributed by atoms with Crippen LogP contribution < -0.4 is 0 Å². The van der Waals surface area contributed by atoms with Crippen molar-refractivity contribution in [2.24, 2.45) is 5.92 Å². The minimum absolute atomic E-state index is 0.148. The van der Waals surface area contributed by atoms with Gasteiger partial charge in [-0.3, -0.25) is 19.6 Å². The van der Waals surface area contributed by atoms with E-state index in [9.17, 15) is 4.79 Å². The Kier molecular flexibility index (Phi) is 5.91. The van der Waals surface area contributed by atoms with Crippen LogP contribution in [0.2, 0.25) is 0 Å². The number of nitrogens with zero attached hydrogens (tertiary/aromatic N) is 3. The third-order valence-corrected chi connectivity index (χ3v) is 4.64. The molecule has 2 heterocycles. The molecule has 1 aromatic rings. The third kappa shape index (κ3) is 4.52. The Balaban J connectivity index is 2.01. The number of carboxylic acids is 1. The highest BCUT2D eigenvalue weighted by Gasteiger charge is 2.31. The summed E-state index contributed by atoms with van der Waals surface area (Å²) >= 11 is 0. The van der Waals surface area contributed by atoms with Crippen LogP contribution in [0, 0.1) is 12.8 Å². The van der Waals surface area contributed by atoms with E-state index >= 15 is 0 Å². The van der Waals surface area contributed by atoms with Crippen LogP contribution in [0.1, 0.15) is 31.5 Å². The van der Waals surface area contributed by atoms with Crippen LogP contribution in [0.25, 0.3) is 0 Å². The molecule has 2 unspecified atom stereocenters. The molecule has 1 saturated heterocycles. The summed E-state index contributed by atoms with van der Waals surface area (Å²) in [7, 11) is 0. The third-order valence-electron chi connectivity index (χ3n) is 4.64. The van der Waals surface area contributed by atoms with E-state index in [0.717, 1.165) is 38.3 Å². The summed E-state index contributed by atoms with van der Waals surface area (Å²) in [6.45, 7) is 10.1. The number of carbonyl (C=O) groups is 1. The molecule has 22 heavy (non-hydrogen) atoms. The molecule has 0 aromatic carbocycles. The van der Waals surface area contributed by atoms with Crippen molar-refractivity contribution in [3.05, 3.63) is 29.6 Å². The van der Waals surface area contributed by atoms with Crippen molar-refractivity contribution < 1.29 is 9.90 Å². The second-order valence-corrected chi connectivity index (χ2v) is 6.36. The molecule has 1 aliphatic rings. The molecule has 0 aliphatic carbocycles. The van der Waals surface area contributed by atoms with Crippen molar-refractivity contribution in [3.8, 4) is 0 Å². The van der Waals surface area contributed by atoms with E-state index in [1.165, 1.54) is 5.56 Å². The van der Waals surface area contributed by atoms with Gasteiger partial charge in [0.1, 0.15) is 0 Å². The van der Waals surface area contributed by atoms with Crippen molar-refractivity contribution in [3.63, 3.8) is 0 Å². The molecule has 5 heteroatoms. The van der Waals surface area contributed by atoms with Gasteiger partial charge in [-0.15, -0.1) is 0 Å². The molecule has 1 aliphatic heterocycles. The Morgan fingerprint density at radius 2 is 2.23 bits per heavy atom. The van der Waals surface area contributed by atoms with E-state index in [2.05, 4.69) is 34.7 Å². The lowest BCUT2D eigenvalue weighted by Gasteiger charge is -2.43. The quantitative estimate of drug-likeness (QED) is 0.871. The summed E-state index contributed by atoms with van der Waals surface area (Å²) < 4.78 is 0. The number of pyridine rings is 1. The Morgan fingerprint density at radius 1 is 1.45 bits per heavy atom. The van der Waals surface area contributed by atoms with Gasteiger partial charge in [-0.25, -0.2) is 0 Å². The zero-order valence-electron chi connectivity index (χ0n) is 13.8. The second-order valence-electron chi connectivity index (χ2n) is 6.36. The van der Waals surface area contributed by atoms with Crippen LogP contribution >= 0.6 is 0 Å². The van der Waals surface area contributed by atoms with Crippen LogP contribution in [-0.4, -0.2) is 58.1 Å². The first-order valence-corrected chi connectivity index (χ1v) is 8.09. The minimum Gasteiger partial charge on any atom is -0.480 e. The number of hydrogen-bond donors (Lipinski definition) is 1. The van der Waals surface area contributed by atoms with Gasteiger partial charge in [0.25, 0.3) is 0 Å². The molecule has 122 valence electrons. The number of piperazine rings is 1. The highest BCUT2D eigenvalue weighted by Crippen LogP contribution is 2.21. The molecule has 1 fully saturated rings. The summed E-state index contributed by atoms with van der Waals surface area (Å²) in [5.74, 6) is -0.234. The number of aryl methyl sites for hydroxylation is 1. The predicted octanol–water partition coefficient (Wildman–Crippen LogP) is 2.01. The first-order chi connectivity index (χ1) is 10.5. The van der Waals surface area contributed by atoms with Gasteiger partial charge in [0, 0.05) is 44.1 Å². The predicted molar refractivity (Wildman–Crippen MR) is 86.7 cm³/mol. The molecule has 0 radical (unpaired) electrons. The maximum atomic E-state index is 11.1. The highest BCUT2D eigenvalue weighted by molar-refractivity contribution is 5.69. The van der Waals surface area contributed by atoms with Crippen molar-refractivity contribution in [1.82, 2.24) is 14.8 Å². The Labute approximate surface area is 132 Å². The van der Waals surface area contributed by atoms with Crippen molar-refractivity contribution in [2.75, 3.05) is 26.2 Å². The zero-order valence-corrected chi connectivity index (χ0v) is 13.8. The van der Waals surface area contributed by atoms with Crippen molar-refractivity contribution in [2.45, 2.75) is 39.8 Å². The number of aromatic nitrogens is 1. The molecule has 1 N–H and O–H groups in total. The van der Waals surface area contributed by atoms with Gasteiger partial charge in [-0.1, -0.05) is 26.3 Å². The Morgan fingerprint density at radius 3 is 2.82 bits per heavy atom. The standard InChI is InChI=1S/C17H27N3O2/c1-4-13(2)16-11-19(7-8-20(16)12-17(21)22)10-15-6-5-14(3)18-9-15/h5-6,9,13,16H,4,7-8,10-12H2,1-3H3,(H,21,22). The summed E-state index contributed by atoms with van der Waals surface area (Å²) in [6, 6.07) is 4.49. The van der Waals surface area contributed by atoms with E-state index < -0.39 is 5.97 Å². The number of rotatable bonds is 6. The lowest BCUT2D eigenvalue weighted by molar-refractivity contribution is -0.140. The molecule has 5 nitrogen and oxygen atoms in total. The Hall–Kier alpha value is -1.46. The maximum Gasteiger partial charge on any atom is 0.317 e. The largest absolute Gasteiger partial charge is 0.480 e. The fraction of sp³-hybridized carbons (Fsp3) is 0.647. The molecular formula is C17H27N3O2. The second kappa shape index (κ2) is 7.70. The van der Waals surface area contributed by atoms with Crippen molar-refractivity contribution in [1.29, 1.82) is 0 Å². The first kappa shape index (κ1) is 16.9. The van der Waals surface area contributed by atoms with Gasteiger partial charge in [-0.2, -0.15) is 0 Å². The molecule has 0 saturated carbocycles. The average Bonchev–Trinajstić information content (AvgIpc) is 2.50. The molecular weight excluding hydrogens is 278 g/mol. The van der Waals surface area contributed by atoms with Gasteiger partial charge in [0.15, 0.2) is 0 Å². The summed E-state index contributed by atoms with van der Waals surface area (Å²) in [5, 5.41) is 9.10. The van der Waals surface area contributed by atoms with Gasteiger partial charge >= 0.3 is 5.97 Å². The van der Waals surface area contributed by atoms with Crippen LogP contribution in [0.4, 0.5) is 0 Å². The zero-order chi connectivity index (χ0) is 16.1. The monoisotopic (exact) mass is 305 g/mol. The minimum atomic E-state index is -0.732. The fourth-order valence-corrected chi connectivity index (χ4v) is 3.08. The lowest BCUT2D eigenvalue weighted by Crippen LogP contribution is -2.56. The van der Waals surface area contributed by atoms with Gasteiger partial charge in [0.2, 0.25) is 0 Å². The van der Waals surface area contributed by atoms with Crippen LogP contribution in [0.15, 0.2) is 18.3 Å². The molecule has 2 atom stereocenters. The van der Waals surface area contributed by atoms with Crippen LogP contribution in [-0.2, 0) is 11.3 Å². The summed E-state index contributed by atoms with van der Waals surface area (Å²) in [4.78, 5) is 20.0. The smallest absolute Gasteiger partial charge is 0.317 e. The van der Waals surface area contributed by atoms with E-state index in [0.29, 0.717) is 12.0 Å². The number of hydrogen-bond acceptors (Lipinski definition) is 4. The van der Waals surface area contributed by atoms with Gasteiger partial charge in [0.05, 0.1) is 6.54 Å². The maximum absolute atomic E-state index is 11.1. The molecule has 2 rings (SSSR count). The van der Waals surface area contributed by atoms with Crippen LogP contribution in [0.5, 0.6) is 0 Å². The average molecular weight is 305 g/mol. The Bertz CT molecular complexity index is 489. The highest BCUT2D eigenvalue weighted by atomic mass is 16.4. The first-order valence-electron chi connectivity index (χ1n) is 8.09. The fourth-order valence-electron chi connectivity index (χ4n) is 3.08. The summed E-state index contributed by atoms with van der Waals surface area (Å²) in [5.41, 5.74) is 2.26. The van der Waals surface area contributed by atoms with E-state index in [4.69, 9.17) is 5.11 Å². The number of carboxylic acid groups (broad SMARTS) is 1. The van der Waals surface area contributed by atoms with E-state index in [1.54, 1.807) is 0 Å². The normalized spacial score (nSPS) is 21.7.